The topological polar surface area (TPSA) is 114 Å². The molecule has 4 N–H and O–H groups in total. The first-order valence-corrected chi connectivity index (χ1v) is 4.74. The largest absolute Gasteiger partial charge is 0.364 e. The van der Waals surface area contributed by atoms with E-state index in [1.807, 2.05) is 0 Å². The minimum absolute atomic E-state index is 0.0168. The maximum atomic E-state index is 11.8. The van der Waals surface area contributed by atoms with E-state index < -0.39 is 11.8 Å². The van der Waals surface area contributed by atoms with Crippen molar-refractivity contribution in [1.82, 2.24) is 15.0 Å². The Bertz CT molecular complexity index is 549. The number of nitrogens with one attached hydrogen (secondary N) is 2. The van der Waals surface area contributed by atoms with Gasteiger partial charge in [-0.05, 0) is 12.1 Å². The quantitative estimate of drug-likeness (QED) is 0.697. The van der Waals surface area contributed by atoms with Gasteiger partial charge >= 0.3 is 0 Å². The van der Waals surface area contributed by atoms with Gasteiger partial charge in [0.05, 0.1) is 6.33 Å². The van der Waals surface area contributed by atoms with Crippen LogP contribution in [0.2, 0.25) is 0 Å². The van der Waals surface area contributed by atoms with E-state index in [1.165, 1.54) is 12.5 Å². The predicted molar refractivity (Wildman–Crippen MR) is 59.3 cm³/mol. The van der Waals surface area contributed by atoms with Crippen LogP contribution in [-0.4, -0.2) is 26.8 Å². The fraction of sp³-hybridized carbons (Fsp3) is 0. The molecule has 0 atom stereocenters. The van der Waals surface area contributed by atoms with Crippen molar-refractivity contribution >= 4 is 17.6 Å². The average molecular weight is 231 g/mol. The fourth-order valence-electron chi connectivity index (χ4n) is 1.27. The zero-order valence-corrected chi connectivity index (χ0v) is 8.68. The molecule has 2 aromatic heterocycles. The summed E-state index contributed by atoms with van der Waals surface area (Å²) in [5, 5.41) is 2.51. The van der Waals surface area contributed by atoms with Crippen LogP contribution in [-0.2, 0) is 0 Å². The summed E-state index contributed by atoms with van der Waals surface area (Å²) in [6.45, 7) is 0. The van der Waals surface area contributed by atoms with Crippen LogP contribution in [0.1, 0.15) is 21.0 Å². The number of anilines is 1. The molecule has 0 spiro atoms. The lowest BCUT2D eigenvalue weighted by molar-refractivity contribution is 0.0972. The van der Waals surface area contributed by atoms with Crippen molar-refractivity contribution in [3.63, 3.8) is 0 Å². The molecule has 0 aromatic carbocycles. The van der Waals surface area contributed by atoms with Gasteiger partial charge < -0.3 is 16.0 Å². The van der Waals surface area contributed by atoms with Crippen molar-refractivity contribution in [2.24, 2.45) is 5.73 Å². The number of pyridine rings is 1. The maximum Gasteiger partial charge on any atom is 0.275 e. The molecule has 86 valence electrons. The van der Waals surface area contributed by atoms with E-state index >= 15 is 0 Å². The Kier molecular flexibility index (Phi) is 2.82. The Hall–Kier alpha value is -2.70. The van der Waals surface area contributed by atoms with Gasteiger partial charge in [-0.1, -0.05) is 6.07 Å². The highest BCUT2D eigenvalue weighted by atomic mass is 16.2. The van der Waals surface area contributed by atoms with Crippen LogP contribution in [0.25, 0.3) is 0 Å². The van der Waals surface area contributed by atoms with Gasteiger partial charge in [-0.25, -0.2) is 9.97 Å². The van der Waals surface area contributed by atoms with Gasteiger partial charge in [-0.15, -0.1) is 0 Å². The van der Waals surface area contributed by atoms with Crippen LogP contribution in [0, 0.1) is 0 Å². The number of hydrogen-bond acceptors (Lipinski definition) is 4. The summed E-state index contributed by atoms with van der Waals surface area (Å²) in [6, 6.07) is 5.07. The van der Waals surface area contributed by atoms with E-state index in [0.717, 1.165) is 0 Å². The number of rotatable bonds is 3. The summed E-state index contributed by atoms with van der Waals surface area (Å²) >= 11 is 0. The molecule has 0 radical (unpaired) electrons. The average Bonchev–Trinajstić information content (AvgIpc) is 2.79. The standard InChI is InChI=1S/C10H9N5O2/c11-9(16)7-8(14-5-13-7)10(17)15-6-3-1-2-4-12-6/h1-5H,(H2,11,16)(H,13,14)(H,12,15,17). The number of aromatic amines is 1. The van der Waals surface area contributed by atoms with Gasteiger partial charge in [-0.3, -0.25) is 9.59 Å². The van der Waals surface area contributed by atoms with Crippen molar-refractivity contribution in [3.05, 3.63) is 42.1 Å². The highest BCUT2D eigenvalue weighted by Crippen LogP contribution is 2.06. The summed E-state index contributed by atoms with van der Waals surface area (Å²) in [6.07, 6.45) is 2.77. The van der Waals surface area contributed by atoms with Crippen LogP contribution < -0.4 is 11.1 Å². The molecule has 2 aromatic rings. The summed E-state index contributed by atoms with van der Waals surface area (Å²) in [4.78, 5) is 32.9. The third-order valence-electron chi connectivity index (χ3n) is 2.01. The van der Waals surface area contributed by atoms with E-state index in [9.17, 15) is 9.59 Å². The van der Waals surface area contributed by atoms with Crippen molar-refractivity contribution in [2.45, 2.75) is 0 Å². The van der Waals surface area contributed by atoms with Gasteiger partial charge in [0.15, 0.2) is 5.69 Å². The fourth-order valence-corrected chi connectivity index (χ4v) is 1.27. The number of aromatic nitrogens is 3. The normalized spacial score (nSPS) is 9.88. The van der Waals surface area contributed by atoms with Crippen LogP contribution in [0.3, 0.4) is 0 Å². The van der Waals surface area contributed by atoms with E-state index in [0.29, 0.717) is 5.82 Å². The molecule has 0 bridgehead atoms. The Morgan fingerprint density at radius 3 is 2.76 bits per heavy atom. The zero-order chi connectivity index (χ0) is 12.3. The first-order chi connectivity index (χ1) is 8.18. The molecule has 2 heterocycles. The second-order valence-corrected chi connectivity index (χ2v) is 3.16. The highest BCUT2D eigenvalue weighted by Gasteiger charge is 2.18. The molecule has 7 heteroatoms. The number of nitrogens with two attached hydrogens (primary N) is 1. The summed E-state index contributed by atoms with van der Waals surface area (Å²) in [7, 11) is 0. The minimum atomic E-state index is -0.766. The molecule has 0 aliphatic heterocycles. The molecule has 7 nitrogen and oxygen atoms in total. The number of carbonyl (C=O) groups is 2. The highest BCUT2D eigenvalue weighted by molar-refractivity contribution is 6.09. The second kappa shape index (κ2) is 4.44. The Labute approximate surface area is 96.1 Å². The number of H-pyrrole nitrogens is 1. The molecular formula is C10H9N5O2. The first kappa shape index (κ1) is 10.8. The Morgan fingerprint density at radius 2 is 2.12 bits per heavy atom. The Balaban J connectivity index is 2.21. The van der Waals surface area contributed by atoms with Crippen molar-refractivity contribution < 1.29 is 9.59 Å². The van der Waals surface area contributed by atoms with E-state index in [1.54, 1.807) is 18.2 Å². The molecule has 0 aliphatic rings. The third kappa shape index (κ3) is 2.28. The number of nitrogens with zero attached hydrogens (tertiary/aromatic N) is 2. The Morgan fingerprint density at radius 1 is 1.29 bits per heavy atom. The van der Waals surface area contributed by atoms with Gasteiger partial charge in [0.25, 0.3) is 11.8 Å². The number of primary amides is 1. The van der Waals surface area contributed by atoms with Crippen LogP contribution in [0.15, 0.2) is 30.7 Å². The smallest absolute Gasteiger partial charge is 0.275 e. The molecule has 0 fully saturated rings. The number of imidazole rings is 1. The van der Waals surface area contributed by atoms with Gasteiger partial charge in [0.1, 0.15) is 11.5 Å². The first-order valence-electron chi connectivity index (χ1n) is 4.74. The molecule has 2 amide bonds. The van der Waals surface area contributed by atoms with Crippen molar-refractivity contribution in [2.75, 3.05) is 5.32 Å². The number of amides is 2. The lowest BCUT2D eigenvalue weighted by Crippen LogP contribution is -2.20. The van der Waals surface area contributed by atoms with Crippen LogP contribution >= 0.6 is 0 Å². The van der Waals surface area contributed by atoms with Gasteiger partial charge in [0.2, 0.25) is 0 Å². The maximum absolute atomic E-state index is 11.8. The molecule has 17 heavy (non-hydrogen) atoms. The van der Waals surface area contributed by atoms with Crippen LogP contribution in [0.4, 0.5) is 5.82 Å². The monoisotopic (exact) mass is 231 g/mol. The van der Waals surface area contributed by atoms with E-state index in [2.05, 4.69) is 20.3 Å². The minimum Gasteiger partial charge on any atom is -0.364 e. The predicted octanol–water partition coefficient (Wildman–Crippen LogP) is 0.156. The van der Waals surface area contributed by atoms with Crippen molar-refractivity contribution in [3.8, 4) is 0 Å². The molecule has 0 unspecified atom stereocenters. The lowest BCUT2D eigenvalue weighted by Gasteiger charge is -2.02. The van der Waals surface area contributed by atoms with Crippen LogP contribution in [0.5, 0.6) is 0 Å². The summed E-state index contributed by atoms with van der Waals surface area (Å²) < 4.78 is 0. The summed E-state index contributed by atoms with van der Waals surface area (Å²) in [5.41, 5.74) is 4.99. The molecule has 0 aliphatic carbocycles. The third-order valence-corrected chi connectivity index (χ3v) is 2.01. The van der Waals surface area contributed by atoms with E-state index in [4.69, 9.17) is 5.73 Å². The molecule has 0 saturated carbocycles. The number of hydrogen-bond donors (Lipinski definition) is 3. The van der Waals surface area contributed by atoms with E-state index in [-0.39, 0.29) is 11.4 Å². The second-order valence-electron chi connectivity index (χ2n) is 3.16. The molecule has 2 rings (SSSR count). The summed E-state index contributed by atoms with van der Waals surface area (Å²) in [5.74, 6) is -0.907. The SMILES string of the molecule is NC(=O)c1nc[nH]c1C(=O)Nc1ccccn1. The van der Waals surface area contributed by atoms with Crippen molar-refractivity contribution in [1.29, 1.82) is 0 Å². The zero-order valence-electron chi connectivity index (χ0n) is 8.68. The molecule has 0 saturated heterocycles. The molecular weight excluding hydrogens is 222 g/mol. The lowest BCUT2D eigenvalue weighted by atomic mass is 10.3. The van der Waals surface area contributed by atoms with Gasteiger partial charge in [-0.2, -0.15) is 0 Å². The number of carbonyl (C=O) groups excluding carboxylic acids is 2. The van der Waals surface area contributed by atoms with Gasteiger partial charge in [0, 0.05) is 6.20 Å².